The number of hydrogen-bond acceptors (Lipinski definition) is 2. The van der Waals surface area contributed by atoms with E-state index in [1.54, 1.807) is 6.07 Å². The van der Waals surface area contributed by atoms with Gasteiger partial charge < -0.3 is 10.2 Å². The van der Waals surface area contributed by atoms with E-state index in [4.69, 9.17) is 5.11 Å². The van der Waals surface area contributed by atoms with Crippen LogP contribution >= 0.6 is 0 Å². The topological polar surface area (TPSA) is 57.5 Å². The Morgan fingerprint density at radius 2 is 2.07 bits per heavy atom. The molecule has 3 heteroatoms. The van der Waals surface area contributed by atoms with Gasteiger partial charge in [-0.25, -0.2) is 4.79 Å². The molecule has 0 saturated carbocycles. The highest BCUT2D eigenvalue weighted by Crippen LogP contribution is 2.24. The summed E-state index contributed by atoms with van der Waals surface area (Å²) in [6.45, 7) is 3.97. The van der Waals surface area contributed by atoms with E-state index in [-0.39, 0.29) is 11.3 Å². The summed E-state index contributed by atoms with van der Waals surface area (Å²) in [4.78, 5) is 10.8. The number of phenols is 1. The Kier molecular flexibility index (Phi) is 3.12. The summed E-state index contributed by atoms with van der Waals surface area (Å²) < 4.78 is 0. The summed E-state index contributed by atoms with van der Waals surface area (Å²) in [5.41, 5.74) is 0.716. The second kappa shape index (κ2) is 4.13. The van der Waals surface area contributed by atoms with Crippen LogP contribution in [0.4, 0.5) is 0 Å². The number of carboxylic acid groups (broad SMARTS) is 1. The maximum absolute atomic E-state index is 10.8. The average Bonchev–Trinajstić information content (AvgIpc) is 2.07. The summed E-state index contributed by atoms with van der Waals surface area (Å²) in [7, 11) is 0. The highest BCUT2D eigenvalue weighted by atomic mass is 16.4. The molecule has 2 N–H and O–H groups in total. The van der Waals surface area contributed by atoms with Gasteiger partial charge in [-0.05, 0) is 24.5 Å². The molecule has 0 bridgehead atoms. The van der Waals surface area contributed by atoms with Crippen LogP contribution in [0.3, 0.4) is 0 Å². The minimum absolute atomic E-state index is 0.0681. The first-order valence-electron chi connectivity index (χ1n) is 4.56. The molecule has 3 nitrogen and oxygen atoms in total. The summed E-state index contributed by atoms with van der Waals surface area (Å²) in [6.07, 6.45) is 0.578. The fourth-order valence-corrected chi connectivity index (χ4v) is 1.40. The Balaban J connectivity index is 3.15. The lowest BCUT2D eigenvalue weighted by Gasteiger charge is -2.10. The Morgan fingerprint density at radius 1 is 1.43 bits per heavy atom. The van der Waals surface area contributed by atoms with Crippen molar-refractivity contribution in [2.75, 3.05) is 0 Å². The number of phenolic OH excluding ortho intramolecular Hbond substituents is 1. The van der Waals surface area contributed by atoms with Gasteiger partial charge in [0.25, 0.3) is 0 Å². The number of rotatable bonds is 3. The van der Waals surface area contributed by atoms with Gasteiger partial charge in [0, 0.05) is 5.56 Å². The minimum atomic E-state index is -0.989. The third-order valence-corrected chi connectivity index (χ3v) is 1.99. The number of aromatic hydroxyl groups is 1. The normalized spacial score (nSPS) is 10.5. The summed E-state index contributed by atoms with van der Waals surface area (Å²) in [5.74, 6) is -0.600. The van der Waals surface area contributed by atoms with Crippen LogP contribution in [-0.2, 0) is 6.42 Å². The molecule has 14 heavy (non-hydrogen) atoms. The van der Waals surface area contributed by atoms with E-state index in [2.05, 4.69) is 0 Å². The molecule has 0 aliphatic heterocycles. The fourth-order valence-electron chi connectivity index (χ4n) is 1.40. The molecule has 1 aromatic rings. The van der Waals surface area contributed by atoms with Gasteiger partial charge >= 0.3 is 5.97 Å². The van der Waals surface area contributed by atoms with Gasteiger partial charge in [-0.2, -0.15) is 0 Å². The number of carbonyl (C=O) groups is 1. The smallest absolute Gasteiger partial charge is 0.336 e. The molecule has 0 heterocycles. The van der Waals surface area contributed by atoms with Gasteiger partial charge in [-0.3, -0.25) is 0 Å². The van der Waals surface area contributed by atoms with Crippen LogP contribution in [0.15, 0.2) is 18.2 Å². The second-order valence-electron chi connectivity index (χ2n) is 3.71. The van der Waals surface area contributed by atoms with Crippen molar-refractivity contribution in [1.29, 1.82) is 0 Å². The van der Waals surface area contributed by atoms with Crippen LogP contribution in [0.5, 0.6) is 5.75 Å². The van der Waals surface area contributed by atoms with E-state index in [1.165, 1.54) is 12.1 Å². The van der Waals surface area contributed by atoms with Crippen LogP contribution in [0.2, 0.25) is 0 Å². The van der Waals surface area contributed by atoms with Gasteiger partial charge in [0.05, 0.1) is 5.56 Å². The Morgan fingerprint density at radius 3 is 2.57 bits per heavy atom. The summed E-state index contributed by atoms with van der Waals surface area (Å²) >= 11 is 0. The lowest BCUT2D eigenvalue weighted by Crippen LogP contribution is -2.05. The molecule has 0 fully saturated rings. The van der Waals surface area contributed by atoms with Crippen molar-refractivity contribution in [2.45, 2.75) is 20.3 Å². The van der Waals surface area contributed by atoms with Crippen LogP contribution < -0.4 is 0 Å². The number of benzene rings is 1. The molecule has 0 unspecified atom stereocenters. The molecule has 0 aliphatic carbocycles. The maximum atomic E-state index is 10.8. The molecule has 0 amide bonds. The fraction of sp³-hybridized carbons (Fsp3) is 0.364. The Labute approximate surface area is 83.0 Å². The number of aromatic carboxylic acids is 1. The lowest BCUT2D eigenvalue weighted by atomic mass is 9.97. The van der Waals surface area contributed by atoms with Gasteiger partial charge in [0.2, 0.25) is 0 Å². The molecule has 76 valence electrons. The van der Waals surface area contributed by atoms with Crippen molar-refractivity contribution < 1.29 is 15.0 Å². The zero-order valence-corrected chi connectivity index (χ0v) is 8.32. The zero-order chi connectivity index (χ0) is 10.7. The number of carboxylic acids is 1. The summed E-state index contributed by atoms with van der Waals surface area (Å²) in [5, 5.41) is 18.4. The van der Waals surface area contributed by atoms with Gasteiger partial charge in [0.15, 0.2) is 0 Å². The molecule has 1 rings (SSSR count). The van der Waals surface area contributed by atoms with E-state index in [0.717, 1.165) is 0 Å². The molecule has 0 aromatic heterocycles. The van der Waals surface area contributed by atoms with E-state index < -0.39 is 5.97 Å². The quantitative estimate of drug-likeness (QED) is 0.776. The third-order valence-electron chi connectivity index (χ3n) is 1.99. The molecule has 0 atom stereocenters. The van der Waals surface area contributed by atoms with Gasteiger partial charge in [-0.1, -0.05) is 19.9 Å². The maximum Gasteiger partial charge on any atom is 0.336 e. The highest BCUT2D eigenvalue weighted by molar-refractivity contribution is 5.90. The molecule has 0 spiro atoms. The van der Waals surface area contributed by atoms with Gasteiger partial charge in [-0.15, -0.1) is 0 Å². The minimum Gasteiger partial charge on any atom is -0.508 e. The van der Waals surface area contributed by atoms with E-state index in [0.29, 0.717) is 17.9 Å². The first-order chi connectivity index (χ1) is 6.52. The van der Waals surface area contributed by atoms with Crippen molar-refractivity contribution in [1.82, 2.24) is 0 Å². The zero-order valence-electron chi connectivity index (χ0n) is 8.32. The van der Waals surface area contributed by atoms with Crippen LogP contribution in [0, 0.1) is 5.92 Å². The molecule has 0 saturated heterocycles. The summed E-state index contributed by atoms with van der Waals surface area (Å²) in [6, 6.07) is 4.58. The monoisotopic (exact) mass is 194 g/mol. The van der Waals surface area contributed by atoms with E-state index >= 15 is 0 Å². The first-order valence-corrected chi connectivity index (χ1v) is 4.56. The lowest BCUT2D eigenvalue weighted by molar-refractivity contribution is 0.0695. The highest BCUT2D eigenvalue weighted by Gasteiger charge is 2.14. The average molecular weight is 194 g/mol. The Bertz CT molecular complexity index is 342. The van der Waals surface area contributed by atoms with Crippen molar-refractivity contribution in [3.8, 4) is 5.75 Å². The van der Waals surface area contributed by atoms with Gasteiger partial charge in [0.1, 0.15) is 5.75 Å². The van der Waals surface area contributed by atoms with Crippen LogP contribution in [0.1, 0.15) is 29.8 Å². The SMILES string of the molecule is CC(C)Cc1c(O)cccc1C(=O)O. The molecular weight excluding hydrogens is 180 g/mol. The van der Waals surface area contributed by atoms with Crippen LogP contribution in [-0.4, -0.2) is 16.2 Å². The second-order valence-corrected chi connectivity index (χ2v) is 3.71. The molecule has 1 aromatic carbocycles. The third kappa shape index (κ3) is 2.25. The van der Waals surface area contributed by atoms with Crippen LogP contribution in [0.25, 0.3) is 0 Å². The first kappa shape index (κ1) is 10.6. The van der Waals surface area contributed by atoms with E-state index in [1.807, 2.05) is 13.8 Å². The standard InChI is InChI=1S/C11H14O3/c1-7(2)6-9-8(11(13)14)4-3-5-10(9)12/h3-5,7,12H,6H2,1-2H3,(H,13,14). The number of hydrogen-bond donors (Lipinski definition) is 2. The predicted octanol–water partition coefficient (Wildman–Crippen LogP) is 2.29. The Hall–Kier alpha value is -1.51. The van der Waals surface area contributed by atoms with Crippen molar-refractivity contribution in [3.63, 3.8) is 0 Å². The van der Waals surface area contributed by atoms with Crippen molar-refractivity contribution >= 4 is 5.97 Å². The molecular formula is C11H14O3. The van der Waals surface area contributed by atoms with E-state index in [9.17, 15) is 9.90 Å². The largest absolute Gasteiger partial charge is 0.508 e. The predicted molar refractivity (Wildman–Crippen MR) is 53.6 cm³/mol. The van der Waals surface area contributed by atoms with Crippen molar-refractivity contribution in [2.24, 2.45) is 5.92 Å². The van der Waals surface area contributed by atoms with Crippen molar-refractivity contribution in [3.05, 3.63) is 29.3 Å². The molecule has 0 radical (unpaired) electrons. The molecule has 0 aliphatic rings.